The van der Waals surface area contributed by atoms with Crippen LogP contribution < -0.4 is 0 Å². The van der Waals surface area contributed by atoms with Crippen LogP contribution in [0, 0.1) is 11.8 Å². The van der Waals surface area contributed by atoms with Crippen LogP contribution in [0.4, 0.5) is 0 Å². The van der Waals surface area contributed by atoms with Crippen LogP contribution in [0.3, 0.4) is 0 Å². The van der Waals surface area contributed by atoms with Crippen LogP contribution in [0.2, 0.25) is 0 Å². The van der Waals surface area contributed by atoms with Gasteiger partial charge in [0.15, 0.2) is 0 Å². The molecule has 72 valence electrons. The summed E-state index contributed by atoms with van der Waals surface area (Å²) in [5.41, 5.74) is 0. The Bertz CT molecular complexity index is 232. The summed E-state index contributed by atoms with van der Waals surface area (Å²) in [5.74, 6) is 0.501. The summed E-state index contributed by atoms with van der Waals surface area (Å²) in [6.07, 6.45) is 8.27. The number of hydrogen-bond donors (Lipinski definition) is 1. The predicted octanol–water partition coefficient (Wildman–Crippen LogP) is 1.68. The van der Waals surface area contributed by atoms with E-state index in [9.17, 15) is 9.90 Å². The second-order valence-electron chi connectivity index (χ2n) is 4.12. The molecule has 2 heteroatoms. The smallest absolute Gasteiger partial charge is 0.139 e. The zero-order valence-corrected chi connectivity index (χ0v) is 7.78. The van der Waals surface area contributed by atoms with E-state index in [1.807, 2.05) is 0 Å². The molecule has 0 aromatic heterocycles. The van der Waals surface area contributed by atoms with Crippen molar-refractivity contribution in [3.05, 3.63) is 12.2 Å². The van der Waals surface area contributed by atoms with Crippen molar-refractivity contribution in [2.75, 3.05) is 0 Å². The van der Waals surface area contributed by atoms with Gasteiger partial charge in [-0.2, -0.15) is 0 Å². The monoisotopic (exact) mass is 180 g/mol. The minimum Gasteiger partial charge on any atom is -0.392 e. The minimum atomic E-state index is -0.396. The molecule has 3 atom stereocenters. The highest BCUT2D eigenvalue weighted by molar-refractivity contribution is 5.82. The second kappa shape index (κ2) is 3.62. The molecule has 0 aliphatic heterocycles. The van der Waals surface area contributed by atoms with E-state index in [0.29, 0.717) is 12.3 Å². The molecule has 0 aromatic carbocycles. The topological polar surface area (TPSA) is 37.3 Å². The Morgan fingerprint density at radius 1 is 1.38 bits per heavy atom. The Labute approximate surface area is 78.6 Å². The predicted molar refractivity (Wildman–Crippen MR) is 50.2 cm³/mol. The van der Waals surface area contributed by atoms with Crippen LogP contribution in [-0.2, 0) is 4.79 Å². The molecule has 0 amide bonds. The van der Waals surface area contributed by atoms with Gasteiger partial charge in [0.05, 0.1) is 6.10 Å². The van der Waals surface area contributed by atoms with E-state index in [1.54, 1.807) is 0 Å². The Kier molecular flexibility index (Phi) is 2.49. The van der Waals surface area contributed by atoms with Crippen LogP contribution in [0.5, 0.6) is 0 Å². The van der Waals surface area contributed by atoms with Crippen molar-refractivity contribution in [2.45, 2.75) is 38.2 Å². The van der Waals surface area contributed by atoms with E-state index < -0.39 is 6.10 Å². The van der Waals surface area contributed by atoms with Gasteiger partial charge >= 0.3 is 0 Å². The van der Waals surface area contributed by atoms with E-state index in [4.69, 9.17) is 0 Å². The number of hydrogen-bond acceptors (Lipinski definition) is 2. The van der Waals surface area contributed by atoms with Crippen molar-refractivity contribution >= 4 is 5.78 Å². The summed E-state index contributed by atoms with van der Waals surface area (Å²) in [6.45, 7) is 0. The first-order valence-electron chi connectivity index (χ1n) is 5.16. The lowest BCUT2D eigenvalue weighted by Gasteiger charge is -2.30. The van der Waals surface area contributed by atoms with Crippen LogP contribution >= 0.6 is 0 Å². The Hall–Kier alpha value is -0.630. The fraction of sp³-hybridized carbons (Fsp3) is 0.727. The number of fused-ring (bicyclic) bond motifs is 1. The lowest BCUT2D eigenvalue weighted by molar-refractivity contribution is -0.130. The van der Waals surface area contributed by atoms with E-state index in [1.165, 1.54) is 0 Å². The van der Waals surface area contributed by atoms with Gasteiger partial charge in [-0.15, -0.1) is 0 Å². The Morgan fingerprint density at radius 2 is 2.23 bits per heavy atom. The van der Waals surface area contributed by atoms with Gasteiger partial charge in [-0.3, -0.25) is 4.79 Å². The van der Waals surface area contributed by atoms with E-state index in [2.05, 4.69) is 12.2 Å². The molecule has 2 rings (SSSR count). The molecule has 1 N–H and O–H groups in total. The van der Waals surface area contributed by atoms with Gasteiger partial charge in [-0.1, -0.05) is 12.2 Å². The second-order valence-corrected chi connectivity index (χ2v) is 4.12. The van der Waals surface area contributed by atoms with Gasteiger partial charge in [-0.05, 0) is 31.6 Å². The summed E-state index contributed by atoms with van der Waals surface area (Å²) in [6, 6.07) is 0. The summed E-state index contributed by atoms with van der Waals surface area (Å²) >= 11 is 0. The zero-order chi connectivity index (χ0) is 9.26. The van der Waals surface area contributed by atoms with Crippen molar-refractivity contribution in [3.8, 4) is 0 Å². The average molecular weight is 180 g/mol. The molecule has 1 saturated carbocycles. The lowest BCUT2D eigenvalue weighted by Crippen LogP contribution is -2.36. The summed E-state index contributed by atoms with van der Waals surface area (Å²) in [5, 5.41) is 9.79. The lowest BCUT2D eigenvalue weighted by atomic mass is 9.75. The van der Waals surface area contributed by atoms with Crippen molar-refractivity contribution in [2.24, 2.45) is 11.8 Å². The molecule has 0 saturated heterocycles. The molecule has 13 heavy (non-hydrogen) atoms. The maximum atomic E-state index is 11.6. The molecular weight excluding hydrogens is 164 g/mol. The normalized spacial score (nSPS) is 39.8. The maximum Gasteiger partial charge on any atom is 0.139 e. The molecule has 0 aromatic rings. The highest BCUT2D eigenvalue weighted by Crippen LogP contribution is 2.34. The molecule has 0 unspecified atom stereocenters. The highest BCUT2D eigenvalue weighted by Gasteiger charge is 2.36. The molecule has 1 fully saturated rings. The van der Waals surface area contributed by atoms with Crippen LogP contribution in [-0.4, -0.2) is 17.0 Å². The third kappa shape index (κ3) is 1.68. The molecular formula is C11H16O2. The maximum absolute atomic E-state index is 11.6. The fourth-order valence-corrected chi connectivity index (χ4v) is 2.53. The summed E-state index contributed by atoms with van der Waals surface area (Å²) < 4.78 is 0. The highest BCUT2D eigenvalue weighted by atomic mass is 16.3. The first-order chi connectivity index (χ1) is 6.29. The van der Waals surface area contributed by atoms with Gasteiger partial charge in [0, 0.05) is 12.3 Å². The number of carbonyl (C=O) groups excluding carboxylic acids is 1. The van der Waals surface area contributed by atoms with Crippen molar-refractivity contribution in [1.82, 2.24) is 0 Å². The zero-order valence-electron chi connectivity index (χ0n) is 7.78. The van der Waals surface area contributed by atoms with Crippen molar-refractivity contribution in [1.29, 1.82) is 0 Å². The molecule has 2 aliphatic carbocycles. The Morgan fingerprint density at radius 3 is 3.08 bits per heavy atom. The molecule has 0 radical (unpaired) electrons. The van der Waals surface area contributed by atoms with E-state index in [0.717, 1.165) is 25.7 Å². The van der Waals surface area contributed by atoms with Gasteiger partial charge in [0.2, 0.25) is 0 Å². The van der Waals surface area contributed by atoms with Crippen molar-refractivity contribution in [3.63, 3.8) is 0 Å². The number of aliphatic hydroxyl groups is 1. The summed E-state index contributed by atoms with van der Waals surface area (Å²) in [4.78, 5) is 11.6. The van der Waals surface area contributed by atoms with Gasteiger partial charge in [-0.25, -0.2) is 0 Å². The summed E-state index contributed by atoms with van der Waals surface area (Å²) in [7, 11) is 0. The average Bonchev–Trinajstić information content (AvgIpc) is 2.29. The molecule has 2 aliphatic rings. The largest absolute Gasteiger partial charge is 0.392 e. The molecule has 0 bridgehead atoms. The van der Waals surface area contributed by atoms with Crippen molar-refractivity contribution < 1.29 is 9.90 Å². The number of rotatable bonds is 0. The molecule has 0 spiro atoms. The quantitative estimate of drug-likeness (QED) is 0.576. The van der Waals surface area contributed by atoms with Gasteiger partial charge in [0.25, 0.3) is 0 Å². The van der Waals surface area contributed by atoms with E-state index in [-0.39, 0.29) is 11.7 Å². The standard InChI is InChI=1S/C11H16O2/c12-9-6-2-1-4-8-5-3-7-10(13)11(8)9/h1,4,8-9,11-12H,2-3,5-7H2/t8-,9-,11-/m0/s1. The van der Waals surface area contributed by atoms with Gasteiger partial charge < -0.3 is 5.11 Å². The number of aliphatic hydroxyl groups excluding tert-OH is 1. The van der Waals surface area contributed by atoms with E-state index >= 15 is 0 Å². The van der Waals surface area contributed by atoms with Gasteiger partial charge in [0.1, 0.15) is 5.78 Å². The fourth-order valence-electron chi connectivity index (χ4n) is 2.53. The third-order valence-electron chi connectivity index (χ3n) is 3.22. The SMILES string of the molecule is O=C1CCC[C@@H]2C=CCC[C@H](O)[C@@H]12. The van der Waals surface area contributed by atoms with Crippen LogP contribution in [0.1, 0.15) is 32.1 Å². The number of ketones is 1. The number of carbonyl (C=O) groups is 1. The molecule has 0 heterocycles. The number of Topliss-reactive ketones (excluding diaryl/α,β-unsaturated/α-hetero) is 1. The molecule has 2 nitrogen and oxygen atoms in total. The van der Waals surface area contributed by atoms with Crippen LogP contribution in [0.15, 0.2) is 12.2 Å². The van der Waals surface area contributed by atoms with Crippen LogP contribution in [0.25, 0.3) is 0 Å². The third-order valence-corrected chi connectivity index (χ3v) is 3.22. The first-order valence-corrected chi connectivity index (χ1v) is 5.16. The Balaban J connectivity index is 2.20. The minimum absolute atomic E-state index is 0.0903. The number of allylic oxidation sites excluding steroid dienone is 2. The first kappa shape index (κ1) is 8.95.